The highest BCUT2D eigenvalue weighted by Crippen LogP contribution is 2.18. The van der Waals surface area contributed by atoms with Gasteiger partial charge in [0, 0.05) is 12.1 Å². The summed E-state index contributed by atoms with van der Waals surface area (Å²) < 4.78 is 13.5. The molecule has 0 radical (unpaired) electrons. The Balaban J connectivity index is 1.76. The summed E-state index contributed by atoms with van der Waals surface area (Å²) in [7, 11) is 0. The van der Waals surface area contributed by atoms with Gasteiger partial charge in [0.15, 0.2) is 0 Å². The summed E-state index contributed by atoms with van der Waals surface area (Å²) >= 11 is 0. The zero-order chi connectivity index (χ0) is 15.2. The van der Waals surface area contributed by atoms with Crippen molar-refractivity contribution in [1.29, 1.82) is 0 Å². The molecule has 1 aromatic carbocycles. The molecule has 0 bridgehead atoms. The van der Waals surface area contributed by atoms with E-state index in [4.69, 9.17) is 0 Å². The van der Waals surface area contributed by atoms with Gasteiger partial charge in [0.1, 0.15) is 5.82 Å². The van der Waals surface area contributed by atoms with Crippen LogP contribution in [-0.2, 0) is 6.42 Å². The van der Waals surface area contributed by atoms with Crippen LogP contribution in [-0.4, -0.2) is 29.3 Å². The molecule has 3 N–H and O–H groups in total. The molecule has 2 rings (SSSR count). The maximum absolute atomic E-state index is 13.5. The topological polar surface area (TPSA) is 61.4 Å². The normalized spacial score (nSPS) is 23.4. The van der Waals surface area contributed by atoms with E-state index in [-0.39, 0.29) is 30.0 Å². The fourth-order valence-corrected chi connectivity index (χ4v) is 2.72. The maximum Gasteiger partial charge on any atom is 0.315 e. The van der Waals surface area contributed by atoms with Crippen LogP contribution in [0.4, 0.5) is 9.18 Å². The number of nitrogens with one attached hydrogen (secondary N) is 2. The lowest BCUT2D eigenvalue weighted by molar-refractivity contribution is 0.117. The number of rotatable bonds is 4. The van der Waals surface area contributed by atoms with Crippen LogP contribution in [0.3, 0.4) is 0 Å². The molecule has 21 heavy (non-hydrogen) atoms. The van der Waals surface area contributed by atoms with Gasteiger partial charge in [-0.25, -0.2) is 9.18 Å². The quantitative estimate of drug-likeness (QED) is 0.798. The van der Waals surface area contributed by atoms with Gasteiger partial charge in [0.2, 0.25) is 0 Å². The predicted molar refractivity (Wildman–Crippen MR) is 79.5 cm³/mol. The Morgan fingerprint density at radius 2 is 2.00 bits per heavy atom. The number of carbonyl (C=O) groups is 1. The van der Waals surface area contributed by atoms with Crippen molar-refractivity contribution in [2.45, 2.75) is 57.2 Å². The van der Waals surface area contributed by atoms with Gasteiger partial charge in [-0.2, -0.15) is 0 Å². The zero-order valence-electron chi connectivity index (χ0n) is 12.3. The van der Waals surface area contributed by atoms with Crippen LogP contribution >= 0.6 is 0 Å². The number of aliphatic hydroxyl groups is 1. The molecule has 1 unspecified atom stereocenters. The second-order valence-electron chi connectivity index (χ2n) is 5.82. The summed E-state index contributed by atoms with van der Waals surface area (Å²) in [5.41, 5.74) is 0.603. The van der Waals surface area contributed by atoms with Gasteiger partial charge >= 0.3 is 6.03 Å². The molecule has 1 fully saturated rings. The average Bonchev–Trinajstić information content (AvgIpc) is 2.44. The van der Waals surface area contributed by atoms with E-state index < -0.39 is 0 Å². The molecule has 0 aliphatic heterocycles. The highest BCUT2D eigenvalue weighted by Gasteiger charge is 2.21. The van der Waals surface area contributed by atoms with Gasteiger partial charge in [-0.15, -0.1) is 0 Å². The first-order chi connectivity index (χ1) is 10.0. The largest absolute Gasteiger partial charge is 0.393 e. The van der Waals surface area contributed by atoms with Gasteiger partial charge in [-0.05, 0) is 50.7 Å². The molecule has 1 aliphatic rings. The first-order valence-corrected chi connectivity index (χ1v) is 7.53. The highest BCUT2D eigenvalue weighted by molar-refractivity contribution is 5.74. The minimum atomic E-state index is -0.243. The minimum Gasteiger partial charge on any atom is -0.393 e. The van der Waals surface area contributed by atoms with Crippen LogP contribution in [0.1, 0.15) is 38.2 Å². The van der Waals surface area contributed by atoms with Crippen LogP contribution in [0.2, 0.25) is 0 Å². The van der Waals surface area contributed by atoms with Gasteiger partial charge in [-0.3, -0.25) is 0 Å². The molecule has 0 heterocycles. The molecule has 1 aliphatic carbocycles. The van der Waals surface area contributed by atoms with Crippen molar-refractivity contribution in [2.24, 2.45) is 0 Å². The van der Waals surface area contributed by atoms with E-state index in [2.05, 4.69) is 10.6 Å². The maximum atomic E-state index is 13.5. The van der Waals surface area contributed by atoms with Crippen molar-refractivity contribution < 1.29 is 14.3 Å². The number of hydrogen-bond donors (Lipinski definition) is 3. The molecule has 0 aromatic heterocycles. The van der Waals surface area contributed by atoms with Gasteiger partial charge in [0.25, 0.3) is 0 Å². The van der Waals surface area contributed by atoms with Gasteiger partial charge in [-0.1, -0.05) is 18.2 Å². The lowest BCUT2D eigenvalue weighted by atomic mass is 9.93. The molecular weight excluding hydrogens is 271 g/mol. The van der Waals surface area contributed by atoms with Crippen LogP contribution in [0, 0.1) is 5.82 Å². The first kappa shape index (κ1) is 15.8. The number of aliphatic hydroxyl groups excluding tert-OH is 1. The summed E-state index contributed by atoms with van der Waals surface area (Å²) in [6.07, 6.45) is 3.30. The second kappa shape index (κ2) is 7.41. The number of benzene rings is 1. The van der Waals surface area contributed by atoms with E-state index in [9.17, 15) is 14.3 Å². The highest BCUT2D eigenvalue weighted by atomic mass is 19.1. The molecule has 0 spiro atoms. The van der Waals surface area contributed by atoms with E-state index in [0.717, 1.165) is 25.7 Å². The third-order valence-corrected chi connectivity index (χ3v) is 3.89. The fourth-order valence-electron chi connectivity index (χ4n) is 2.72. The Hall–Kier alpha value is -1.62. The van der Waals surface area contributed by atoms with Crippen LogP contribution in [0.15, 0.2) is 24.3 Å². The van der Waals surface area contributed by atoms with Crippen molar-refractivity contribution in [2.75, 3.05) is 0 Å². The number of urea groups is 1. The van der Waals surface area contributed by atoms with E-state index in [1.54, 1.807) is 18.2 Å². The second-order valence-corrected chi connectivity index (χ2v) is 5.82. The zero-order valence-corrected chi connectivity index (χ0v) is 12.3. The van der Waals surface area contributed by atoms with Crippen LogP contribution < -0.4 is 10.6 Å². The molecule has 4 nitrogen and oxygen atoms in total. The van der Waals surface area contributed by atoms with Crippen LogP contribution in [0.25, 0.3) is 0 Å². The van der Waals surface area contributed by atoms with E-state index >= 15 is 0 Å². The Kier molecular flexibility index (Phi) is 5.56. The summed E-state index contributed by atoms with van der Waals surface area (Å²) in [5.74, 6) is -0.243. The van der Waals surface area contributed by atoms with Crippen LogP contribution in [0.5, 0.6) is 0 Å². The molecule has 116 valence electrons. The standard InChI is InChI=1S/C16H23FN2O2/c1-11(10-12-4-2-3-5-15(12)17)18-16(21)19-13-6-8-14(20)9-7-13/h2-5,11,13-14,20H,6-10H2,1H3,(H2,18,19,21). The average molecular weight is 294 g/mol. The van der Waals surface area contributed by atoms with Crippen molar-refractivity contribution in [3.63, 3.8) is 0 Å². The van der Waals surface area contributed by atoms with Crippen molar-refractivity contribution in [1.82, 2.24) is 10.6 Å². The fraction of sp³-hybridized carbons (Fsp3) is 0.562. The summed E-state index contributed by atoms with van der Waals surface area (Å²) in [5, 5.41) is 15.2. The predicted octanol–water partition coefficient (Wildman–Crippen LogP) is 2.36. The number of hydrogen-bond acceptors (Lipinski definition) is 2. The Morgan fingerprint density at radius 1 is 1.33 bits per heavy atom. The summed E-state index contributed by atoms with van der Waals surface area (Å²) in [6, 6.07) is 6.36. The SMILES string of the molecule is CC(Cc1ccccc1F)NC(=O)NC1CCC(O)CC1. The number of halogens is 1. The molecule has 5 heteroatoms. The molecular formula is C16H23FN2O2. The molecule has 1 saturated carbocycles. The molecule has 1 atom stereocenters. The van der Waals surface area contributed by atoms with Gasteiger partial charge < -0.3 is 15.7 Å². The Labute approximate surface area is 124 Å². The van der Waals surface area contributed by atoms with Gasteiger partial charge in [0.05, 0.1) is 6.10 Å². The Bertz CT molecular complexity index is 473. The van der Waals surface area contributed by atoms with Crippen molar-refractivity contribution in [3.8, 4) is 0 Å². The summed E-state index contributed by atoms with van der Waals surface area (Å²) in [4.78, 5) is 11.9. The monoisotopic (exact) mass is 294 g/mol. The lowest BCUT2D eigenvalue weighted by Crippen LogP contribution is -2.47. The lowest BCUT2D eigenvalue weighted by Gasteiger charge is -2.27. The summed E-state index contributed by atoms with van der Waals surface area (Å²) in [6.45, 7) is 1.86. The third kappa shape index (κ3) is 5.01. The molecule has 2 amide bonds. The smallest absolute Gasteiger partial charge is 0.315 e. The molecule has 1 aromatic rings. The van der Waals surface area contributed by atoms with E-state index in [1.165, 1.54) is 6.07 Å². The van der Waals surface area contributed by atoms with Crippen molar-refractivity contribution in [3.05, 3.63) is 35.6 Å². The first-order valence-electron chi connectivity index (χ1n) is 7.53. The van der Waals surface area contributed by atoms with E-state index in [1.807, 2.05) is 6.92 Å². The number of carbonyl (C=O) groups excluding carboxylic acids is 1. The molecule has 0 saturated heterocycles. The van der Waals surface area contributed by atoms with Crippen molar-refractivity contribution >= 4 is 6.03 Å². The third-order valence-electron chi connectivity index (χ3n) is 3.89. The van der Waals surface area contributed by atoms with E-state index in [0.29, 0.717) is 12.0 Å². The minimum absolute atomic E-state index is 0.120. The number of amides is 2. The Morgan fingerprint density at radius 3 is 2.67 bits per heavy atom.